The van der Waals surface area contributed by atoms with Gasteiger partial charge >= 0.3 is 13.8 Å². The summed E-state index contributed by atoms with van der Waals surface area (Å²) in [6.07, 6.45) is 36.3. The Morgan fingerprint density at radius 3 is 1.27 bits per heavy atom. The number of ether oxygens (including phenoxy) is 2. The summed E-state index contributed by atoms with van der Waals surface area (Å²) in [5.41, 5.74) is 0. The molecule has 0 heterocycles. The maximum absolute atomic E-state index is 12.6. The molecule has 9 nitrogen and oxygen atoms in total. The van der Waals surface area contributed by atoms with Gasteiger partial charge in [0.05, 0.1) is 26.4 Å². The van der Waals surface area contributed by atoms with E-state index in [1.54, 1.807) is 0 Å². The fraction of sp³-hybridized carbons (Fsp3) is 0.976. The fourth-order valence-electron chi connectivity index (χ4n) is 6.24. The van der Waals surface area contributed by atoms with Gasteiger partial charge < -0.3 is 24.6 Å². The monoisotopic (exact) mass is 751 g/mol. The lowest BCUT2D eigenvalue weighted by Gasteiger charge is -2.20. The summed E-state index contributed by atoms with van der Waals surface area (Å²) < 4.78 is 33.3. The molecule has 0 saturated heterocycles. The van der Waals surface area contributed by atoms with Crippen LogP contribution in [0.2, 0.25) is 0 Å². The normalized spacial score (nSPS) is 14.1. The molecule has 0 spiro atoms. The highest BCUT2D eigenvalue weighted by molar-refractivity contribution is 7.47. The zero-order valence-corrected chi connectivity index (χ0v) is 34.2. The van der Waals surface area contributed by atoms with Crippen LogP contribution in [0.15, 0.2) is 0 Å². The maximum atomic E-state index is 12.6. The molecule has 0 aliphatic heterocycles. The average molecular weight is 751 g/mol. The van der Waals surface area contributed by atoms with E-state index in [0.29, 0.717) is 6.61 Å². The largest absolute Gasteiger partial charge is 0.472 e. The Kier molecular flexibility index (Phi) is 38.7. The number of carbonyl (C=O) groups is 1. The maximum Gasteiger partial charge on any atom is 0.472 e. The third-order valence-electron chi connectivity index (χ3n) is 9.54. The molecule has 306 valence electrons. The first-order valence-electron chi connectivity index (χ1n) is 21.5. The van der Waals surface area contributed by atoms with Crippen LogP contribution in [0.25, 0.3) is 0 Å². The van der Waals surface area contributed by atoms with Gasteiger partial charge in [0.15, 0.2) is 0 Å². The quantitative estimate of drug-likeness (QED) is 0.0317. The molecule has 3 unspecified atom stereocenters. The molecule has 0 aromatic carbocycles. The van der Waals surface area contributed by atoms with Crippen LogP contribution in [-0.4, -0.2) is 66.3 Å². The number of phosphoric ester groups is 1. The second-order valence-corrected chi connectivity index (χ2v) is 16.2. The summed E-state index contributed by atoms with van der Waals surface area (Å²) in [6, 6.07) is 0. The van der Waals surface area contributed by atoms with Crippen molar-refractivity contribution in [1.29, 1.82) is 0 Å². The van der Waals surface area contributed by atoms with Gasteiger partial charge in [-0.3, -0.25) is 13.8 Å². The summed E-state index contributed by atoms with van der Waals surface area (Å²) in [7, 11) is -4.50. The number of phosphoric acid groups is 1. The van der Waals surface area contributed by atoms with E-state index < -0.39 is 33.2 Å². The van der Waals surface area contributed by atoms with E-state index in [1.807, 2.05) is 0 Å². The molecule has 0 rings (SSSR count). The highest BCUT2D eigenvalue weighted by Gasteiger charge is 2.26. The molecule has 51 heavy (non-hydrogen) atoms. The van der Waals surface area contributed by atoms with Crippen molar-refractivity contribution < 1.29 is 43.0 Å². The van der Waals surface area contributed by atoms with Gasteiger partial charge in [0, 0.05) is 13.0 Å². The molecule has 3 N–H and O–H groups in total. The smallest absolute Gasteiger partial charge is 0.457 e. The van der Waals surface area contributed by atoms with Gasteiger partial charge in [-0.2, -0.15) is 0 Å². The number of rotatable bonds is 42. The number of esters is 1. The minimum absolute atomic E-state index is 0.0579. The first kappa shape index (κ1) is 50.5. The van der Waals surface area contributed by atoms with Crippen LogP contribution >= 0.6 is 7.82 Å². The third kappa shape index (κ3) is 39.0. The average Bonchev–Trinajstić information content (AvgIpc) is 3.12. The van der Waals surface area contributed by atoms with Crippen molar-refractivity contribution in [3.63, 3.8) is 0 Å². The van der Waals surface area contributed by atoms with Crippen molar-refractivity contribution in [3.8, 4) is 0 Å². The second-order valence-electron chi connectivity index (χ2n) is 14.7. The van der Waals surface area contributed by atoms with Crippen LogP contribution in [-0.2, 0) is 27.9 Å². The van der Waals surface area contributed by atoms with E-state index in [1.165, 1.54) is 161 Å². The van der Waals surface area contributed by atoms with Crippen molar-refractivity contribution in [2.45, 2.75) is 225 Å². The summed E-state index contributed by atoms with van der Waals surface area (Å²) in [5, 5.41) is 18.3. The molecule has 10 heteroatoms. The first-order valence-corrected chi connectivity index (χ1v) is 23.0. The Balaban J connectivity index is 4.09. The lowest BCUT2D eigenvalue weighted by molar-refractivity contribution is -0.154. The summed E-state index contributed by atoms with van der Waals surface area (Å²) >= 11 is 0. The van der Waals surface area contributed by atoms with E-state index in [2.05, 4.69) is 13.8 Å². The lowest BCUT2D eigenvalue weighted by Crippen LogP contribution is -2.29. The SMILES string of the molecule is CCCCCCCCCCCCCCCCCCCCOCC(COP(=O)(O)OCC(O)CO)OC(=O)CCCCCCCCCCCCCC. The predicted octanol–water partition coefficient (Wildman–Crippen LogP) is 11.5. The van der Waals surface area contributed by atoms with E-state index in [0.717, 1.165) is 32.1 Å². The molecule has 0 fully saturated rings. The Morgan fingerprint density at radius 1 is 0.529 bits per heavy atom. The third-order valence-corrected chi connectivity index (χ3v) is 10.5. The number of aliphatic hydroxyl groups excluding tert-OH is 2. The molecule has 0 saturated carbocycles. The van der Waals surface area contributed by atoms with Crippen molar-refractivity contribution >= 4 is 13.8 Å². The fourth-order valence-corrected chi connectivity index (χ4v) is 7.03. The molecular weight excluding hydrogens is 667 g/mol. The minimum atomic E-state index is -4.50. The number of unbranched alkanes of at least 4 members (excludes halogenated alkanes) is 28. The van der Waals surface area contributed by atoms with Crippen LogP contribution in [0.1, 0.15) is 213 Å². The molecule has 0 aromatic heterocycles. The molecule has 0 bridgehead atoms. The van der Waals surface area contributed by atoms with Gasteiger partial charge in [-0.25, -0.2) is 4.57 Å². The van der Waals surface area contributed by atoms with Crippen LogP contribution in [0.4, 0.5) is 0 Å². The van der Waals surface area contributed by atoms with Crippen LogP contribution < -0.4 is 0 Å². The number of hydrogen-bond donors (Lipinski definition) is 3. The van der Waals surface area contributed by atoms with Crippen molar-refractivity contribution in [2.75, 3.05) is 33.0 Å². The Morgan fingerprint density at radius 2 is 0.882 bits per heavy atom. The highest BCUT2D eigenvalue weighted by Crippen LogP contribution is 2.43. The van der Waals surface area contributed by atoms with Gasteiger partial charge in [-0.05, 0) is 12.8 Å². The molecule has 0 amide bonds. The van der Waals surface area contributed by atoms with Gasteiger partial charge in [0.1, 0.15) is 12.2 Å². The first-order chi connectivity index (χ1) is 24.8. The number of hydrogen-bond acceptors (Lipinski definition) is 8. The van der Waals surface area contributed by atoms with Gasteiger partial charge in [-0.15, -0.1) is 0 Å². The van der Waals surface area contributed by atoms with E-state index in [-0.39, 0.29) is 25.6 Å². The van der Waals surface area contributed by atoms with Crippen LogP contribution in [0.3, 0.4) is 0 Å². The Hall–Kier alpha value is -0.540. The summed E-state index contributed by atoms with van der Waals surface area (Å²) in [5.74, 6) is -0.378. The summed E-state index contributed by atoms with van der Waals surface area (Å²) in [6.45, 7) is 3.56. The zero-order chi connectivity index (χ0) is 37.5. The Bertz CT molecular complexity index is 769. The predicted molar refractivity (Wildman–Crippen MR) is 210 cm³/mol. The molecule has 0 aromatic rings. The Labute approximate surface area is 314 Å². The van der Waals surface area contributed by atoms with E-state index in [9.17, 15) is 19.4 Å². The standard InChI is InChI=1S/C41H83O9P/c1-3-5-7-9-11-13-15-17-18-19-20-21-22-24-26-28-30-32-34-47-37-40(38-49-51(45,46)48-36-39(43)35-42)50-41(44)33-31-29-27-25-23-16-14-12-10-8-6-4-2/h39-40,42-43H,3-38H2,1-2H3,(H,45,46). The topological polar surface area (TPSA) is 132 Å². The molecule has 3 atom stereocenters. The van der Waals surface area contributed by atoms with Gasteiger partial charge in [-0.1, -0.05) is 194 Å². The van der Waals surface area contributed by atoms with Crippen molar-refractivity contribution in [1.82, 2.24) is 0 Å². The lowest BCUT2D eigenvalue weighted by atomic mass is 10.0. The van der Waals surface area contributed by atoms with Gasteiger partial charge in [0.25, 0.3) is 0 Å². The molecule has 0 aliphatic carbocycles. The summed E-state index contributed by atoms with van der Waals surface area (Å²) in [4.78, 5) is 22.5. The minimum Gasteiger partial charge on any atom is -0.457 e. The van der Waals surface area contributed by atoms with Crippen LogP contribution in [0.5, 0.6) is 0 Å². The molecule has 0 radical (unpaired) electrons. The zero-order valence-electron chi connectivity index (χ0n) is 33.3. The van der Waals surface area contributed by atoms with E-state index in [4.69, 9.17) is 23.6 Å². The molecule has 0 aliphatic rings. The highest BCUT2D eigenvalue weighted by atomic mass is 31.2. The van der Waals surface area contributed by atoms with Crippen LogP contribution in [0, 0.1) is 0 Å². The van der Waals surface area contributed by atoms with E-state index >= 15 is 0 Å². The van der Waals surface area contributed by atoms with Crippen molar-refractivity contribution in [3.05, 3.63) is 0 Å². The van der Waals surface area contributed by atoms with Gasteiger partial charge in [0.2, 0.25) is 0 Å². The number of aliphatic hydroxyl groups is 2. The van der Waals surface area contributed by atoms with Crippen molar-refractivity contribution in [2.24, 2.45) is 0 Å². The second kappa shape index (κ2) is 39.2. The molecular formula is C41H83O9P. The number of carbonyl (C=O) groups excluding carboxylic acids is 1.